The molecule has 108 valence electrons. The zero-order chi connectivity index (χ0) is 14.0. The lowest BCUT2D eigenvalue weighted by atomic mass is 10.2. The van der Waals surface area contributed by atoms with Gasteiger partial charge in [-0.1, -0.05) is 0 Å². The smallest absolute Gasteiger partial charge is 0.320 e. The van der Waals surface area contributed by atoms with E-state index in [4.69, 9.17) is 9.84 Å². The average Bonchev–Trinajstić information content (AvgIpc) is 2.75. The second kappa shape index (κ2) is 5.88. The van der Waals surface area contributed by atoms with Gasteiger partial charge in [0, 0.05) is 13.1 Å². The summed E-state index contributed by atoms with van der Waals surface area (Å²) in [5, 5.41) is 9.10. The Kier molecular flexibility index (Phi) is 4.42. The first kappa shape index (κ1) is 14.3. The summed E-state index contributed by atoms with van der Waals surface area (Å²) in [5.74, 6) is -0.816. The van der Waals surface area contributed by atoms with Gasteiger partial charge >= 0.3 is 5.97 Å². The van der Waals surface area contributed by atoms with Crippen LogP contribution in [0.5, 0.6) is 0 Å². The molecule has 1 amide bonds. The summed E-state index contributed by atoms with van der Waals surface area (Å²) in [7, 11) is 0. The Balaban J connectivity index is 1.91. The van der Waals surface area contributed by atoms with Crippen molar-refractivity contribution in [3.63, 3.8) is 0 Å². The minimum atomic E-state index is -0.825. The third-order valence-electron chi connectivity index (χ3n) is 3.76. The van der Waals surface area contributed by atoms with E-state index in [1.807, 2.05) is 13.8 Å². The van der Waals surface area contributed by atoms with E-state index in [-0.39, 0.29) is 24.7 Å². The van der Waals surface area contributed by atoms with Crippen molar-refractivity contribution in [2.24, 2.45) is 0 Å². The molecule has 2 aliphatic heterocycles. The van der Waals surface area contributed by atoms with Crippen LogP contribution in [-0.2, 0) is 14.3 Å². The first-order chi connectivity index (χ1) is 8.97. The lowest BCUT2D eigenvalue weighted by Gasteiger charge is -2.36. The number of amides is 1. The number of hydrogen-bond acceptors (Lipinski definition) is 4. The Morgan fingerprint density at radius 1 is 1.26 bits per heavy atom. The number of hydrogen-bond donors (Lipinski definition) is 1. The predicted octanol–water partition coefficient (Wildman–Crippen LogP) is 0.171. The first-order valence-electron chi connectivity index (χ1n) is 6.87. The molecule has 1 N–H and O–H groups in total. The van der Waals surface area contributed by atoms with Gasteiger partial charge in [-0.05, 0) is 33.2 Å². The van der Waals surface area contributed by atoms with E-state index >= 15 is 0 Å². The summed E-state index contributed by atoms with van der Waals surface area (Å²) in [6.45, 7) is 5.98. The lowest BCUT2D eigenvalue weighted by molar-refractivity contribution is -0.147. The van der Waals surface area contributed by atoms with Crippen molar-refractivity contribution in [3.05, 3.63) is 0 Å². The summed E-state index contributed by atoms with van der Waals surface area (Å²) in [6, 6.07) is -0.500. The molecule has 0 aromatic rings. The predicted molar refractivity (Wildman–Crippen MR) is 68.8 cm³/mol. The Labute approximate surface area is 113 Å². The minimum Gasteiger partial charge on any atom is -0.480 e. The zero-order valence-corrected chi connectivity index (χ0v) is 11.5. The highest BCUT2D eigenvalue weighted by molar-refractivity contribution is 5.80. The highest BCUT2D eigenvalue weighted by Gasteiger charge is 2.34. The van der Waals surface area contributed by atoms with E-state index in [0.29, 0.717) is 26.1 Å². The van der Waals surface area contributed by atoms with E-state index in [0.717, 1.165) is 6.42 Å². The van der Waals surface area contributed by atoms with Crippen LogP contribution in [0.3, 0.4) is 0 Å². The van der Waals surface area contributed by atoms with E-state index < -0.39 is 12.0 Å². The summed E-state index contributed by atoms with van der Waals surface area (Å²) >= 11 is 0. The Hall–Kier alpha value is -1.14. The zero-order valence-electron chi connectivity index (χ0n) is 11.5. The average molecular weight is 270 g/mol. The molecule has 6 heteroatoms. The molecule has 0 bridgehead atoms. The van der Waals surface area contributed by atoms with Crippen molar-refractivity contribution < 1.29 is 19.4 Å². The van der Waals surface area contributed by atoms with Crippen molar-refractivity contribution in [1.29, 1.82) is 0 Å². The number of morpholine rings is 1. The topological polar surface area (TPSA) is 70.1 Å². The largest absolute Gasteiger partial charge is 0.480 e. The lowest BCUT2D eigenvalue weighted by Crippen LogP contribution is -2.52. The number of carbonyl (C=O) groups is 2. The number of likely N-dealkylation sites (tertiary alicyclic amines) is 1. The van der Waals surface area contributed by atoms with E-state index in [2.05, 4.69) is 0 Å². The van der Waals surface area contributed by atoms with Crippen LogP contribution >= 0.6 is 0 Å². The second-order valence-corrected chi connectivity index (χ2v) is 5.52. The van der Waals surface area contributed by atoms with Gasteiger partial charge in [-0.3, -0.25) is 14.5 Å². The normalized spacial score (nSPS) is 32.5. The highest BCUT2D eigenvalue weighted by atomic mass is 16.5. The van der Waals surface area contributed by atoms with Crippen LogP contribution in [0.15, 0.2) is 0 Å². The van der Waals surface area contributed by atoms with Crippen LogP contribution in [0, 0.1) is 0 Å². The van der Waals surface area contributed by atoms with E-state index in [1.54, 1.807) is 9.80 Å². The van der Waals surface area contributed by atoms with Gasteiger partial charge < -0.3 is 14.7 Å². The molecule has 19 heavy (non-hydrogen) atoms. The number of aliphatic carboxylic acids is 1. The quantitative estimate of drug-likeness (QED) is 0.791. The molecular formula is C13H22N2O4. The molecule has 2 rings (SSSR count). The van der Waals surface area contributed by atoms with Crippen LogP contribution < -0.4 is 0 Å². The third-order valence-corrected chi connectivity index (χ3v) is 3.76. The van der Waals surface area contributed by atoms with Crippen molar-refractivity contribution in [1.82, 2.24) is 9.80 Å². The van der Waals surface area contributed by atoms with E-state index in [1.165, 1.54) is 0 Å². The van der Waals surface area contributed by atoms with Gasteiger partial charge in [0.1, 0.15) is 6.04 Å². The number of carbonyl (C=O) groups excluding carboxylic acids is 1. The van der Waals surface area contributed by atoms with Gasteiger partial charge in [-0.15, -0.1) is 0 Å². The molecular weight excluding hydrogens is 248 g/mol. The molecule has 2 aliphatic rings. The summed E-state index contributed by atoms with van der Waals surface area (Å²) in [4.78, 5) is 26.9. The Morgan fingerprint density at radius 3 is 2.47 bits per heavy atom. The fraction of sp³-hybridized carbons (Fsp3) is 0.846. The fourth-order valence-corrected chi connectivity index (χ4v) is 2.95. The first-order valence-corrected chi connectivity index (χ1v) is 6.87. The molecule has 2 saturated heterocycles. The van der Waals surface area contributed by atoms with Gasteiger partial charge in [0.2, 0.25) is 5.91 Å². The molecule has 3 atom stereocenters. The van der Waals surface area contributed by atoms with Gasteiger partial charge in [-0.2, -0.15) is 0 Å². The van der Waals surface area contributed by atoms with Gasteiger partial charge in [0.05, 0.1) is 18.8 Å². The molecule has 0 aromatic carbocycles. The standard InChI is InChI=1S/C13H22N2O4/c1-9-6-15(7-10(2)19-9)12(16)8-14-5-3-4-11(14)13(17)18/h9-11H,3-8H2,1-2H3,(H,17,18)/t9-,10-,11-/m1/s1. The molecule has 0 saturated carbocycles. The molecule has 6 nitrogen and oxygen atoms in total. The maximum absolute atomic E-state index is 12.2. The minimum absolute atomic E-state index is 0.00940. The monoisotopic (exact) mass is 270 g/mol. The summed E-state index contributed by atoms with van der Waals surface area (Å²) < 4.78 is 5.59. The molecule has 0 aromatic heterocycles. The van der Waals surface area contributed by atoms with Crippen LogP contribution in [0.1, 0.15) is 26.7 Å². The van der Waals surface area contributed by atoms with E-state index in [9.17, 15) is 9.59 Å². The van der Waals surface area contributed by atoms with Crippen molar-refractivity contribution in [3.8, 4) is 0 Å². The van der Waals surface area contributed by atoms with Crippen LogP contribution in [0.25, 0.3) is 0 Å². The number of rotatable bonds is 3. The van der Waals surface area contributed by atoms with Crippen molar-refractivity contribution >= 4 is 11.9 Å². The molecule has 2 heterocycles. The molecule has 0 spiro atoms. The molecule has 0 unspecified atom stereocenters. The van der Waals surface area contributed by atoms with Gasteiger partial charge in [0.25, 0.3) is 0 Å². The maximum atomic E-state index is 12.2. The number of carboxylic acid groups (broad SMARTS) is 1. The van der Waals surface area contributed by atoms with Crippen molar-refractivity contribution in [2.45, 2.75) is 44.9 Å². The Bertz CT molecular complexity index is 351. The van der Waals surface area contributed by atoms with Crippen LogP contribution in [-0.4, -0.2) is 71.2 Å². The summed E-state index contributed by atoms with van der Waals surface area (Å²) in [5.41, 5.74) is 0. The highest BCUT2D eigenvalue weighted by Crippen LogP contribution is 2.18. The molecule has 2 fully saturated rings. The van der Waals surface area contributed by atoms with Crippen molar-refractivity contribution in [2.75, 3.05) is 26.2 Å². The van der Waals surface area contributed by atoms with Gasteiger partial charge in [-0.25, -0.2) is 0 Å². The second-order valence-electron chi connectivity index (χ2n) is 5.52. The number of nitrogens with zero attached hydrogens (tertiary/aromatic N) is 2. The third kappa shape index (κ3) is 3.45. The van der Waals surface area contributed by atoms with Crippen LogP contribution in [0.4, 0.5) is 0 Å². The molecule has 0 aliphatic carbocycles. The maximum Gasteiger partial charge on any atom is 0.320 e. The number of carboxylic acids is 1. The SMILES string of the molecule is C[C@@H]1CN(C(=O)CN2CCC[C@@H]2C(=O)O)C[C@@H](C)O1. The van der Waals surface area contributed by atoms with Gasteiger partial charge in [0.15, 0.2) is 0 Å². The molecule has 0 radical (unpaired) electrons. The summed E-state index contributed by atoms with van der Waals surface area (Å²) in [6.07, 6.45) is 1.57. The Morgan fingerprint density at radius 2 is 1.89 bits per heavy atom. The number of ether oxygens (including phenoxy) is 1. The fourth-order valence-electron chi connectivity index (χ4n) is 2.95. The van der Waals surface area contributed by atoms with Crippen LogP contribution in [0.2, 0.25) is 0 Å².